The molecule has 1 aromatic rings. The Morgan fingerprint density at radius 2 is 2.00 bits per heavy atom. The number of ether oxygens (including phenoxy) is 2. The highest BCUT2D eigenvalue weighted by molar-refractivity contribution is 6.01. The lowest BCUT2D eigenvalue weighted by Crippen LogP contribution is -2.37. The quantitative estimate of drug-likeness (QED) is 0.587. The summed E-state index contributed by atoms with van der Waals surface area (Å²) in [6, 6.07) is 4.97. The number of methoxy groups -OCH3 is 2. The third kappa shape index (κ3) is 4.86. The van der Waals surface area contributed by atoms with E-state index in [2.05, 4.69) is 10.1 Å². The van der Waals surface area contributed by atoms with Gasteiger partial charge in [-0.25, -0.2) is 0 Å². The molecule has 5 heteroatoms. The fourth-order valence-electron chi connectivity index (χ4n) is 2.16. The summed E-state index contributed by atoms with van der Waals surface area (Å²) < 4.78 is 9.77. The van der Waals surface area contributed by atoms with Crippen molar-refractivity contribution in [2.75, 3.05) is 20.8 Å². The van der Waals surface area contributed by atoms with Crippen LogP contribution in [0.25, 0.3) is 0 Å². The second-order valence-corrected chi connectivity index (χ2v) is 4.77. The Labute approximate surface area is 125 Å². The standard InChI is InChI=1S/C16H23NO4/c1-5-17-14(8-9-15(18)21-4)16(19)13-7-6-12(20-3)10-11(13)2/h6-7,10,14,17H,5,8-9H2,1-4H3. The number of hydrogen-bond donors (Lipinski definition) is 1. The molecule has 0 fully saturated rings. The van der Waals surface area contributed by atoms with Crippen LogP contribution < -0.4 is 10.1 Å². The number of esters is 1. The first-order valence-corrected chi connectivity index (χ1v) is 7.02. The molecule has 1 N–H and O–H groups in total. The van der Waals surface area contributed by atoms with Gasteiger partial charge >= 0.3 is 5.97 Å². The highest BCUT2D eigenvalue weighted by Crippen LogP contribution is 2.19. The summed E-state index contributed by atoms with van der Waals surface area (Å²) in [6.45, 7) is 4.46. The van der Waals surface area contributed by atoms with E-state index in [1.54, 1.807) is 19.2 Å². The molecule has 0 bridgehead atoms. The minimum Gasteiger partial charge on any atom is -0.497 e. The molecule has 0 saturated carbocycles. The number of likely N-dealkylation sites (N-methyl/N-ethyl adjacent to an activating group) is 1. The highest BCUT2D eigenvalue weighted by Gasteiger charge is 2.21. The molecule has 0 aliphatic carbocycles. The van der Waals surface area contributed by atoms with Crippen molar-refractivity contribution in [3.8, 4) is 5.75 Å². The van der Waals surface area contributed by atoms with Gasteiger partial charge in [-0.2, -0.15) is 0 Å². The van der Waals surface area contributed by atoms with Crippen LogP contribution in [-0.2, 0) is 9.53 Å². The van der Waals surface area contributed by atoms with E-state index in [4.69, 9.17) is 4.74 Å². The molecular formula is C16H23NO4. The molecule has 5 nitrogen and oxygen atoms in total. The van der Waals surface area contributed by atoms with E-state index in [9.17, 15) is 9.59 Å². The van der Waals surface area contributed by atoms with Gasteiger partial charge in [-0.05, 0) is 43.7 Å². The molecule has 21 heavy (non-hydrogen) atoms. The number of carbonyl (C=O) groups is 2. The van der Waals surface area contributed by atoms with E-state index in [0.29, 0.717) is 18.5 Å². The zero-order valence-electron chi connectivity index (χ0n) is 13.1. The third-order valence-electron chi connectivity index (χ3n) is 3.33. The fourth-order valence-corrected chi connectivity index (χ4v) is 2.16. The van der Waals surface area contributed by atoms with Crippen LogP contribution in [0.3, 0.4) is 0 Å². The van der Waals surface area contributed by atoms with E-state index in [1.165, 1.54) is 7.11 Å². The Kier molecular flexibility index (Phi) is 6.88. The Morgan fingerprint density at radius 1 is 1.29 bits per heavy atom. The molecule has 0 amide bonds. The van der Waals surface area contributed by atoms with E-state index < -0.39 is 0 Å². The number of aryl methyl sites for hydroxylation is 1. The smallest absolute Gasteiger partial charge is 0.305 e. The maximum atomic E-state index is 12.6. The molecule has 1 aromatic carbocycles. The summed E-state index contributed by atoms with van der Waals surface area (Å²) in [5, 5.41) is 3.13. The maximum Gasteiger partial charge on any atom is 0.305 e. The zero-order chi connectivity index (χ0) is 15.8. The van der Waals surface area contributed by atoms with Gasteiger partial charge in [0.05, 0.1) is 20.3 Å². The molecule has 0 aliphatic heterocycles. The number of hydrogen-bond acceptors (Lipinski definition) is 5. The van der Waals surface area contributed by atoms with Crippen LogP contribution in [0, 0.1) is 6.92 Å². The van der Waals surface area contributed by atoms with Gasteiger partial charge < -0.3 is 14.8 Å². The van der Waals surface area contributed by atoms with Crippen LogP contribution in [0.15, 0.2) is 18.2 Å². The molecule has 0 heterocycles. The second kappa shape index (κ2) is 8.42. The lowest BCUT2D eigenvalue weighted by Gasteiger charge is -2.17. The first-order chi connectivity index (χ1) is 10.0. The molecular weight excluding hydrogens is 270 g/mol. The topological polar surface area (TPSA) is 64.6 Å². The molecule has 0 radical (unpaired) electrons. The predicted molar refractivity (Wildman–Crippen MR) is 80.8 cm³/mol. The SMILES string of the molecule is CCNC(CCC(=O)OC)C(=O)c1ccc(OC)cc1C. The maximum absolute atomic E-state index is 12.6. The van der Waals surface area contributed by atoms with Crippen molar-refractivity contribution in [3.63, 3.8) is 0 Å². The molecule has 0 aliphatic rings. The van der Waals surface area contributed by atoms with Crippen LogP contribution in [-0.4, -0.2) is 38.6 Å². The van der Waals surface area contributed by atoms with E-state index in [0.717, 1.165) is 11.3 Å². The normalized spacial score (nSPS) is 11.8. The lowest BCUT2D eigenvalue weighted by molar-refractivity contribution is -0.140. The summed E-state index contributed by atoms with van der Waals surface area (Å²) in [7, 11) is 2.94. The number of benzene rings is 1. The predicted octanol–water partition coefficient (Wildman–Crippen LogP) is 2.12. The Balaban J connectivity index is 2.87. The Hall–Kier alpha value is -1.88. The van der Waals surface area contributed by atoms with Crippen LogP contribution in [0.5, 0.6) is 5.75 Å². The molecule has 0 saturated heterocycles. The number of ketones is 1. The fraction of sp³-hybridized carbons (Fsp3) is 0.500. The summed E-state index contributed by atoms with van der Waals surface area (Å²) in [5.41, 5.74) is 1.51. The number of rotatable bonds is 8. The first-order valence-electron chi connectivity index (χ1n) is 7.02. The summed E-state index contributed by atoms with van der Waals surface area (Å²) >= 11 is 0. The van der Waals surface area contributed by atoms with Crippen LogP contribution >= 0.6 is 0 Å². The van der Waals surface area contributed by atoms with Crippen LogP contribution in [0.4, 0.5) is 0 Å². The molecule has 0 aromatic heterocycles. The van der Waals surface area contributed by atoms with Crippen molar-refractivity contribution in [2.45, 2.75) is 32.7 Å². The average Bonchev–Trinajstić information content (AvgIpc) is 2.50. The highest BCUT2D eigenvalue weighted by atomic mass is 16.5. The largest absolute Gasteiger partial charge is 0.497 e. The van der Waals surface area contributed by atoms with Gasteiger partial charge in [-0.1, -0.05) is 6.92 Å². The minimum atomic E-state index is -0.388. The molecule has 116 valence electrons. The van der Waals surface area contributed by atoms with Crippen molar-refractivity contribution >= 4 is 11.8 Å². The van der Waals surface area contributed by atoms with Crippen molar-refractivity contribution in [1.82, 2.24) is 5.32 Å². The molecule has 1 rings (SSSR count). The van der Waals surface area contributed by atoms with Crippen molar-refractivity contribution in [1.29, 1.82) is 0 Å². The van der Waals surface area contributed by atoms with Crippen molar-refractivity contribution in [3.05, 3.63) is 29.3 Å². The number of carbonyl (C=O) groups excluding carboxylic acids is 2. The minimum absolute atomic E-state index is 0.0130. The van der Waals surface area contributed by atoms with E-state index in [1.807, 2.05) is 19.9 Å². The van der Waals surface area contributed by atoms with Crippen molar-refractivity contribution in [2.24, 2.45) is 0 Å². The first kappa shape index (κ1) is 17.2. The summed E-state index contributed by atoms with van der Waals surface area (Å²) in [5.74, 6) is 0.400. The van der Waals surface area contributed by atoms with Crippen LogP contribution in [0.1, 0.15) is 35.7 Å². The van der Waals surface area contributed by atoms with E-state index in [-0.39, 0.29) is 24.2 Å². The zero-order valence-corrected chi connectivity index (χ0v) is 13.1. The van der Waals surface area contributed by atoms with Gasteiger partial charge in [0.2, 0.25) is 0 Å². The van der Waals surface area contributed by atoms with Crippen LogP contribution in [0.2, 0.25) is 0 Å². The summed E-state index contributed by atoms with van der Waals surface area (Å²) in [4.78, 5) is 23.9. The average molecular weight is 293 g/mol. The van der Waals surface area contributed by atoms with Gasteiger partial charge in [0.1, 0.15) is 5.75 Å². The molecule has 1 atom stereocenters. The van der Waals surface area contributed by atoms with E-state index >= 15 is 0 Å². The molecule has 0 spiro atoms. The van der Waals surface area contributed by atoms with Gasteiger partial charge in [-0.15, -0.1) is 0 Å². The van der Waals surface area contributed by atoms with Gasteiger partial charge in [0.15, 0.2) is 5.78 Å². The number of nitrogens with one attached hydrogen (secondary N) is 1. The Bertz CT molecular complexity index is 499. The van der Waals surface area contributed by atoms with Gasteiger partial charge in [0.25, 0.3) is 0 Å². The third-order valence-corrected chi connectivity index (χ3v) is 3.33. The number of Topliss-reactive ketones (excluding diaryl/α,β-unsaturated/α-hetero) is 1. The lowest BCUT2D eigenvalue weighted by atomic mass is 9.96. The molecule has 1 unspecified atom stereocenters. The Morgan fingerprint density at radius 3 is 2.52 bits per heavy atom. The summed E-state index contributed by atoms with van der Waals surface area (Å²) in [6.07, 6.45) is 0.639. The van der Waals surface area contributed by atoms with Crippen molar-refractivity contribution < 1.29 is 19.1 Å². The van der Waals surface area contributed by atoms with Gasteiger partial charge in [0, 0.05) is 12.0 Å². The monoisotopic (exact) mass is 293 g/mol. The van der Waals surface area contributed by atoms with Gasteiger partial charge in [-0.3, -0.25) is 9.59 Å². The second-order valence-electron chi connectivity index (χ2n) is 4.77.